The highest BCUT2D eigenvalue weighted by molar-refractivity contribution is 14.0. The molecule has 0 radical (unpaired) electrons. The van der Waals surface area contributed by atoms with Crippen LogP contribution in [0.1, 0.15) is 36.2 Å². The summed E-state index contributed by atoms with van der Waals surface area (Å²) in [4.78, 5) is 22.1. The number of hydrogen-bond acceptors (Lipinski definition) is 5. The first-order valence-corrected chi connectivity index (χ1v) is 10.1. The first-order valence-electron chi connectivity index (χ1n) is 9.18. The number of thiazole rings is 1. The monoisotopic (exact) mass is 531 g/mol. The van der Waals surface area contributed by atoms with Crippen LogP contribution in [0.3, 0.4) is 0 Å². The van der Waals surface area contributed by atoms with Crippen LogP contribution in [0.2, 0.25) is 0 Å². The molecule has 29 heavy (non-hydrogen) atoms. The lowest BCUT2D eigenvalue weighted by Crippen LogP contribution is -2.39. The summed E-state index contributed by atoms with van der Waals surface area (Å²) in [6.45, 7) is 4.94. The number of anilines is 1. The van der Waals surface area contributed by atoms with Gasteiger partial charge in [0.05, 0.1) is 12.2 Å². The summed E-state index contributed by atoms with van der Waals surface area (Å²) < 4.78 is 5.32. The Balaban J connectivity index is 0.00000420. The molecule has 0 spiro atoms. The summed E-state index contributed by atoms with van der Waals surface area (Å²) in [5.41, 5.74) is 3.01. The zero-order valence-corrected chi connectivity index (χ0v) is 20.7. The van der Waals surface area contributed by atoms with E-state index in [4.69, 9.17) is 4.74 Å². The van der Waals surface area contributed by atoms with E-state index in [0.717, 1.165) is 35.3 Å². The van der Waals surface area contributed by atoms with Gasteiger partial charge in [0.25, 0.3) is 0 Å². The SMILES string of the molecule is CN=C(NCCc1ccc(NC(C)=O)cc1)N(C)Cc1csc(C(C)OC)n1.I. The van der Waals surface area contributed by atoms with Crippen molar-refractivity contribution in [2.24, 2.45) is 4.99 Å². The van der Waals surface area contributed by atoms with E-state index in [0.29, 0.717) is 6.54 Å². The molecule has 0 aliphatic rings. The van der Waals surface area contributed by atoms with Gasteiger partial charge in [-0.05, 0) is 31.0 Å². The van der Waals surface area contributed by atoms with Crippen LogP contribution in [0, 0.1) is 0 Å². The quantitative estimate of drug-likeness (QED) is 0.309. The Kier molecular flexibility index (Phi) is 11.1. The highest BCUT2D eigenvalue weighted by Crippen LogP contribution is 2.20. The van der Waals surface area contributed by atoms with Gasteiger partial charge in [-0.2, -0.15) is 0 Å². The smallest absolute Gasteiger partial charge is 0.221 e. The maximum absolute atomic E-state index is 11.1. The van der Waals surface area contributed by atoms with Gasteiger partial charge >= 0.3 is 0 Å². The average Bonchev–Trinajstić information content (AvgIpc) is 3.13. The molecule has 1 amide bonds. The number of carbonyl (C=O) groups excluding carboxylic acids is 1. The average molecular weight is 531 g/mol. The fraction of sp³-hybridized carbons (Fsp3) is 0.450. The molecule has 2 aromatic rings. The number of nitrogens with zero attached hydrogens (tertiary/aromatic N) is 3. The maximum Gasteiger partial charge on any atom is 0.221 e. The molecule has 1 atom stereocenters. The maximum atomic E-state index is 11.1. The van der Waals surface area contributed by atoms with Gasteiger partial charge < -0.3 is 20.3 Å². The Morgan fingerprint density at radius 3 is 2.62 bits per heavy atom. The van der Waals surface area contributed by atoms with E-state index in [-0.39, 0.29) is 36.0 Å². The zero-order chi connectivity index (χ0) is 20.5. The molecule has 2 N–H and O–H groups in total. The predicted octanol–water partition coefficient (Wildman–Crippen LogP) is 3.68. The van der Waals surface area contributed by atoms with E-state index in [1.54, 1.807) is 25.5 Å². The molecule has 160 valence electrons. The second-order valence-corrected chi connectivity index (χ2v) is 7.40. The predicted molar refractivity (Wildman–Crippen MR) is 130 cm³/mol. The number of carbonyl (C=O) groups is 1. The molecule has 7 nitrogen and oxygen atoms in total. The Hall–Kier alpha value is -1.72. The molecule has 0 aliphatic carbocycles. The van der Waals surface area contributed by atoms with Crippen molar-refractivity contribution in [2.45, 2.75) is 32.9 Å². The van der Waals surface area contributed by atoms with Gasteiger partial charge in [-0.25, -0.2) is 4.98 Å². The number of guanidine groups is 1. The van der Waals surface area contributed by atoms with E-state index in [1.165, 1.54) is 12.5 Å². The fourth-order valence-corrected chi connectivity index (χ4v) is 3.50. The van der Waals surface area contributed by atoms with Gasteiger partial charge in [0.15, 0.2) is 5.96 Å². The minimum Gasteiger partial charge on any atom is -0.375 e. The van der Waals surface area contributed by atoms with E-state index < -0.39 is 0 Å². The lowest BCUT2D eigenvalue weighted by atomic mass is 10.1. The summed E-state index contributed by atoms with van der Waals surface area (Å²) in [7, 11) is 5.47. The van der Waals surface area contributed by atoms with Crippen molar-refractivity contribution in [1.82, 2.24) is 15.2 Å². The molecule has 0 bridgehead atoms. The van der Waals surface area contributed by atoms with Crippen molar-refractivity contribution in [3.05, 3.63) is 45.9 Å². The van der Waals surface area contributed by atoms with E-state index in [9.17, 15) is 4.79 Å². The Labute approximate surface area is 194 Å². The second kappa shape index (κ2) is 12.8. The molecule has 0 fully saturated rings. The highest BCUT2D eigenvalue weighted by Gasteiger charge is 2.12. The highest BCUT2D eigenvalue weighted by atomic mass is 127. The van der Waals surface area contributed by atoms with Gasteiger partial charge in [-0.3, -0.25) is 9.79 Å². The number of aromatic nitrogens is 1. The van der Waals surface area contributed by atoms with Crippen molar-refractivity contribution in [1.29, 1.82) is 0 Å². The van der Waals surface area contributed by atoms with Gasteiger partial charge in [-0.1, -0.05) is 12.1 Å². The summed E-state index contributed by atoms with van der Waals surface area (Å²) in [6.07, 6.45) is 0.873. The van der Waals surface area contributed by atoms with Crippen LogP contribution in [-0.4, -0.2) is 49.5 Å². The Morgan fingerprint density at radius 2 is 2.03 bits per heavy atom. The minimum absolute atomic E-state index is 0. The van der Waals surface area contributed by atoms with Crippen LogP contribution in [-0.2, 0) is 22.5 Å². The molecular weight excluding hydrogens is 501 g/mol. The third-order valence-corrected chi connectivity index (χ3v) is 5.27. The summed E-state index contributed by atoms with van der Waals surface area (Å²) in [6, 6.07) is 7.87. The number of methoxy groups -OCH3 is 1. The van der Waals surface area contributed by atoms with Gasteiger partial charge in [-0.15, -0.1) is 35.3 Å². The van der Waals surface area contributed by atoms with Gasteiger partial charge in [0, 0.05) is 45.7 Å². The van der Waals surface area contributed by atoms with Crippen LogP contribution in [0.15, 0.2) is 34.6 Å². The standard InChI is InChI=1S/C20H29N5O2S.HI/c1-14(27-5)19-24-18(13-28-19)12-25(4)20(21-3)22-11-10-16-6-8-17(9-7-16)23-15(2)26;/h6-9,13-14H,10-12H2,1-5H3,(H,21,22)(H,23,26);1H. The zero-order valence-electron chi connectivity index (χ0n) is 17.6. The Bertz CT molecular complexity index is 794. The van der Waals surface area contributed by atoms with Crippen molar-refractivity contribution >= 4 is 52.9 Å². The Morgan fingerprint density at radius 1 is 1.34 bits per heavy atom. The lowest BCUT2D eigenvalue weighted by molar-refractivity contribution is -0.114. The van der Waals surface area contributed by atoms with Gasteiger partial charge in [0.2, 0.25) is 5.91 Å². The molecule has 2 rings (SSSR count). The molecule has 0 saturated heterocycles. The second-order valence-electron chi connectivity index (χ2n) is 6.51. The number of ether oxygens (including phenoxy) is 1. The van der Waals surface area contributed by atoms with E-state index in [1.807, 2.05) is 38.2 Å². The number of aliphatic imine (C=N–C) groups is 1. The van der Waals surface area contributed by atoms with Crippen LogP contribution in [0.4, 0.5) is 5.69 Å². The van der Waals surface area contributed by atoms with Crippen LogP contribution >= 0.6 is 35.3 Å². The first-order chi connectivity index (χ1) is 13.4. The summed E-state index contributed by atoms with van der Waals surface area (Å²) >= 11 is 1.61. The summed E-state index contributed by atoms with van der Waals surface area (Å²) in [5.74, 6) is 0.759. The third kappa shape index (κ3) is 8.27. The molecule has 1 heterocycles. The van der Waals surface area contributed by atoms with Crippen LogP contribution in [0.25, 0.3) is 0 Å². The minimum atomic E-state index is -0.0647. The topological polar surface area (TPSA) is 78.9 Å². The molecule has 1 unspecified atom stereocenters. The lowest BCUT2D eigenvalue weighted by Gasteiger charge is -2.21. The largest absolute Gasteiger partial charge is 0.375 e. The molecule has 1 aromatic heterocycles. The van der Waals surface area contributed by atoms with Gasteiger partial charge in [0.1, 0.15) is 11.1 Å². The molecule has 0 saturated carbocycles. The van der Waals surface area contributed by atoms with E-state index >= 15 is 0 Å². The van der Waals surface area contributed by atoms with Crippen LogP contribution in [0.5, 0.6) is 0 Å². The fourth-order valence-electron chi connectivity index (χ4n) is 2.66. The molecule has 1 aromatic carbocycles. The molecule has 0 aliphatic heterocycles. The number of amides is 1. The normalized spacial score (nSPS) is 12.1. The van der Waals surface area contributed by atoms with Crippen molar-refractivity contribution in [3.8, 4) is 0 Å². The number of benzene rings is 1. The molecule has 9 heteroatoms. The van der Waals surface area contributed by atoms with Crippen molar-refractivity contribution in [3.63, 3.8) is 0 Å². The molecular formula is C20H30IN5O2S. The number of rotatable bonds is 8. The third-order valence-electron chi connectivity index (χ3n) is 4.21. The van der Waals surface area contributed by atoms with E-state index in [2.05, 4.69) is 30.9 Å². The van der Waals surface area contributed by atoms with Crippen molar-refractivity contribution in [2.75, 3.05) is 33.1 Å². The number of hydrogen-bond donors (Lipinski definition) is 2. The van der Waals surface area contributed by atoms with Crippen molar-refractivity contribution < 1.29 is 9.53 Å². The summed E-state index contributed by atoms with van der Waals surface area (Å²) in [5, 5.41) is 9.20. The first kappa shape index (κ1) is 25.3. The number of nitrogens with one attached hydrogen (secondary N) is 2. The number of halogens is 1. The van der Waals surface area contributed by atoms with Crippen LogP contribution < -0.4 is 10.6 Å².